The van der Waals surface area contributed by atoms with E-state index in [1.165, 1.54) is 11.3 Å². The van der Waals surface area contributed by atoms with Crippen LogP contribution in [0, 0.1) is 6.92 Å². The number of benzene rings is 2. The van der Waals surface area contributed by atoms with Crippen LogP contribution in [0.3, 0.4) is 0 Å². The SMILES string of the molecule is Cc1ccc(-c2nnc(NC(=O)[C@H](C)NC(=O)COCc3ccccc3)s2)cc1. The van der Waals surface area contributed by atoms with Crippen molar-refractivity contribution in [2.24, 2.45) is 0 Å². The van der Waals surface area contributed by atoms with Gasteiger partial charge in [-0.25, -0.2) is 0 Å². The third-order valence-electron chi connectivity index (χ3n) is 4.07. The molecule has 1 atom stereocenters. The molecule has 3 aromatic rings. The average Bonchev–Trinajstić information content (AvgIpc) is 3.17. The fourth-order valence-corrected chi connectivity index (χ4v) is 3.24. The van der Waals surface area contributed by atoms with Gasteiger partial charge in [0.05, 0.1) is 6.61 Å². The molecule has 2 N–H and O–H groups in total. The predicted octanol–water partition coefficient (Wildman–Crippen LogP) is 3.17. The van der Waals surface area contributed by atoms with Gasteiger partial charge in [-0.15, -0.1) is 10.2 Å². The van der Waals surface area contributed by atoms with Crippen LogP contribution in [0.4, 0.5) is 5.13 Å². The van der Waals surface area contributed by atoms with Crippen LogP contribution in [0.15, 0.2) is 54.6 Å². The fraction of sp³-hybridized carbons (Fsp3) is 0.238. The molecule has 150 valence electrons. The van der Waals surface area contributed by atoms with E-state index in [-0.39, 0.29) is 18.4 Å². The number of carbonyl (C=O) groups is 2. The molecule has 0 unspecified atom stereocenters. The molecule has 1 aromatic heterocycles. The van der Waals surface area contributed by atoms with Crippen molar-refractivity contribution in [3.63, 3.8) is 0 Å². The Morgan fingerprint density at radius 1 is 1.07 bits per heavy atom. The maximum Gasteiger partial charge on any atom is 0.248 e. The van der Waals surface area contributed by atoms with Gasteiger partial charge in [0.1, 0.15) is 17.7 Å². The summed E-state index contributed by atoms with van der Waals surface area (Å²) < 4.78 is 5.38. The first kappa shape index (κ1) is 20.6. The van der Waals surface area contributed by atoms with Gasteiger partial charge in [0.25, 0.3) is 0 Å². The molecule has 0 aliphatic rings. The smallest absolute Gasteiger partial charge is 0.248 e. The number of ether oxygens (including phenoxy) is 1. The van der Waals surface area contributed by atoms with Crippen molar-refractivity contribution in [2.75, 3.05) is 11.9 Å². The minimum absolute atomic E-state index is 0.122. The van der Waals surface area contributed by atoms with E-state index < -0.39 is 6.04 Å². The number of anilines is 1. The molecule has 29 heavy (non-hydrogen) atoms. The summed E-state index contributed by atoms with van der Waals surface area (Å²) in [5, 5.41) is 14.5. The number of aryl methyl sites for hydroxylation is 1. The highest BCUT2D eigenvalue weighted by Gasteiger charge is 2.18. The summed E-state index contributed by atoms with van der Waals surface area (Å²) in [5.41, 5.74) is 3.07. The van der Waals surface area contributed by atoms with Gasteiger partial charge in [-0.05, 0) is 19.4 Å². The summed E-state index contributed by atoms with van der Waals surface area (Å²) >= 11 is 1.28. The number of nitrogens with one attached hydrogen (secondary N) is 2. The van der Waals surface area contributed by atoms with Gasteiger partial charge < -0.3 is 10.1 Å². The van der Waals surface area contributed by atoms with Crippen LogP contribution in [0.2, 0.25) is 0 Å². The Balaban J connectivity index is 1.45. The van der Waals surface area contributed by atoms with E-state index in [0.29, 0.717) is 16.7 Å². The molecule has 0 aliphatic heterocycles. The summed E-state index contributed by atoms with van der Waals surface area (Å²) in [4.78, 5) is 24.3. The Labute approximate surface area is 173 Å². The molecular formula is C21H22N4O3S. The number of carbonyl (C=O) groups excluding carboxylic acids is 2. The zero-order valence-corrected chi connectivity index (χ0v) is 17.0. The molecule has 8 heteroatoms. The Bertz CT molecular complexity index is 958. The molecule has 1 heterocycles. The largest absolute Gasteiger partial charge is 0.367 e. The fourth-order valence-electron chi connectivity index (χ4n) is 2.48. The molecular weight excluding hydrogens is 388 g/mol. The highest BCUT2D eigenvalue weighted by Crippen LogP contribution is 2.26. The lowest BCUT2D eigenvalue weighted by atomic mass is 10.2. The van der Waals surface area contributed by atoms with Crippen molar-refractivity contribution in [2.45, 2.75) is 26.5 Å². The summed E-state index contributed by atoms with van der Waals surface area (Å²) in [6, 6.07) is 16.7. The molecule has 2 amide bonds. The number of nitrogens with zero attached hydrogens (tertiary/aromatic N) is 2. The molecule has 0 fully saturated rings. The summed E-state index contributed by atoms with van der Waals surface area (Å²) in [5.74, 6) is -0.728. The summed E-state index contributed by atoms with van der Waals surface area (Å²) in [6.45, 7) is 3.83. The Kier molecular flexibility index (Phi) is 7.04. The van der Waals surface area contributed by atoms with Crippen molar-refractivity contribution in [3.8, 4) is 10.6 Å². The number of amides is 2. The molecule has 0 saturated heterocycles. The third-order valence-corrected chi connectivity index (χ3v) is 4.96. The van der Waals surface area contributed by atoms with E-state index in [9.17, 15) is 9.59 Å². The van der Waals surface area contributed by atoms with Gasteiger partial charge in [-0.1, -0.05) is 71.5 Å². The highest BCUT2D eigenvalue weighted by molar-refractivity contribution is 7.18. The van der Waals surface area contributed by atoms with Crippen LogP contribution in [-0.4, -0.2) is 34.7 Å². The topological polar surface area (TPSA) is 93.2 Å². The minimum atomic E-state index is -0.727. The van der Waals surface area contributed by atoms with E-state index >= 15 is 0 Å². The molecule has 0 bridgehead atoms. The molecule has 0 aliphatic carbocycles. The molecule has 0 radical (unpaired) electrons. The second-order valence-corrected chi connectivity index (χ2v) is 7.51. The van der Waals surface area contributed by atoms with Gasteiger partial charge in [0, 0.05) is 5.56 Å². The van der Waals surface area contributed by atoms with E-state index in [2.05, 4.69) is 20.8 Å². The minimum Gasteiger partial charge on any atom is -0.367 e. The maximum absolute atomic E-state index is 12.3. The van der Waals surface area contributed by atoms with Crippen molar-refractivity contribution in [1.82, 2.24) is 15.5 Å². The number of aromatic nitrogens is 2. The first-order valence-corrected chi connectivity index (χ1v) is 9.95. The lowest BCUT2D eigenvalue weighted by molar-refractivity contribution is -0.129. The van der Waals surface area contributed by atoms with Gasteiger partial charge in [0.2, 0.25) is 16.9 Å². The average molecular weight is 410 g/mol. The van der Waals surface area contributed by atoms with E-state index in [0.717, 1.165) is 16.7 Å². The lowest BCUT2D eigenvalue weighted by Gasteiger charge is -2.13. The van der Waals surface area contributed by atoms with E-state index in [1.54, 1.807) is 6.92 Å². The molecule has 3 rings (SSSR count). The van der Waals surface area contributed by atoms with Crippen LogP contribution >= 0.6 is 11.3 Å². The Hall–Kier alpha value is -3.10. The standard InChI is InChI=1S/C21H22N4O3S/c1-14-8-10-17(11-9-14)20-24-25-21(29-20)23-19(27)15(2)22-18(26)13-28-12-16-6-4-3-5-7-16/h3-11,15H,12-13H2,1-2H3,(H,22,26)(H,23,25,27)/t15-/m0/s1. The lowest BCUT2D eigenvalue weighted by Crippen LogP contribution is -2.43. The first-order chi connectivity index (χ1) is 14.0. The second-order valence-electron chi connectivity index (χ2n) is 6.54. The van der Waals surface area contributed by atoms with Crippen LogP contribution in [0.1, 0.15) is 18.1 Å². The zero-order chi connectivity index (χ0) is 20.6. The van der Waals surface area contributed by atoms with Crippen molar-refractivity contribution >= 4 is 28.3 Å². The number of rotatable bonds is 8. The third kappa shape index (κ3) is 6.20. The molecule has 0 saturated carbocycles. The van der Waals surface area contributed by atoms with Crippen molar-refractivity contribution in [3.05, 3.63) is 65.7 Å². The van der Waals surface area contributed by atoms with Gasteiger partial charge >= 0.3 is 0 Å². The Morgan fingerprint density at radius 2 is 1.79 bits per heavy atom. The van der Waals surface area contributed by atoms with Crippen LogP contribution in [-0.2, 0) is 20.9 Å². The quantitative estimate of drug-likeness (QED) is 0.595. The normalized spacial score (nSPS) is 11.7. The summed E-state index contributed by atoms with van der Waals surface area (Å²) in [7, 11) is 0. The highest BCUT2D eigenvalue weighted by atomic mass is 32.1. The number of hydrogen-bond donors (Lipinski definition) is 2. The van der Waals surface area contributed by atoms with Crippen molar-refractivity contribution in [1.29, 1.82) is 0 Å². The van der Waals surface area contributed by atoms with Crippen LogP contribution in [0.5, 0.6) is 0 Å². The molecule has 2 aromatic carbocycles. The van der Waals surface area contributed by atoms with Crippen LogP contribution in [0.25, 0.3) is 10.6 Å². The summed E-state index contributed by atoms with van der Waals surface area (Å²) in [6.07, 6.45) is 0. The van der Waals surface area contributed by atoms with Gasteiger partial charge in [-0.3, -0.25) is 14.9 Å². The van der Waals surface area contributed by atoms with E-state index in [4.69, 9.17) is 4.74 Å². The van der Waals surface area contributed by atoms with Crippen LogP contribution < -0.4 is 10.6 Å². The first-order valence-electron chi connectivity index (χ1n) is 9.13. The van der Waals surface area contributed by atoms with E-state index in [1.807, 2.05) is 61.5 Å². The van der Waals surface area contributed by atoms with Crippen molar-refractivity contribution < 1.29 is 14.3 Å². The maximum atomic E-state index is 12.3. The zero-order valence-electron chi connectivity index (χ0n) is 16.2. The number of hydrogen-bond acceptors (Lipinski definition) is 6. The molecule has 7 nitrogen and oxygen atoms in total. The van der Waals surface area contributed by atoms with Gasteiger partial charge in [0.15, 0.2) is 0 Å². The molecule has 0 spiro atoms. The van der Waals surface area contributed by atoms with Gasteiger partial charge in [-0.2, -0.15) is 0 Å². The monoisotopic (exact) mass is 410 g/mol. The second kappa shape index (κ2) is 9.90. The predicted molar refractivity (Wildman–Crippen MR) is 112 cm³/mol. The Morgan fingerprint density at radius 3 is 2.52 bits per heavy atom.